The summed E-state index contributed by atoms with van der Waals surface area (Å²) in [7, 11) is 0. The predicted octanol–water partition coefficient (Wildman–Crippen LogP) is 7.27. The summed E-state index contributed by atoms with van der Waals surface area (Å²) in [4.78, 5) is 11.5. The molecule has 1 unspecified atom stereocenters. The lowest BCUT2D eigenvalue weighted by Gasteiger charge is -2.06. The van der Waals surface area contributed by atoms with Gasteiger partial charge in [0, 0.05) is 0 Å². The molecule has 0 saturated carbocycles. The molecule has 0 aromatic rings. The summed E-state index contributed by atoms with van der Waals surface area (Å²) in [6, 6.07) is 0. The van der Waals surface area contributed by atoms with Gasteiger partial charge in [-0.2, -0.15) is 0 Å². The van der Waals surface area contributed by atoms with Crippen LogP contribution in [0.1, 0.15) is 65.7 Å². The largest absolute Gasteiger partial charge is 0.466 e. The summed E-state index contributed by atoms with van der Waals surface area (Å²) in [6.45, 7) is 6.34. The lowest BCUT2D eigenvalue weighted by atomic mass is 10.1. The second-order valence-electron chi connectivity index (χ2n) is 6.30. The Kier molecular flexibility index (Phi) is 18.7. The molecule has 0 aromatic carbocycles. The van der Waals surface area contributed by atoms with Crippen molar-refractivity contribution in [1.82, 2.24) is 0 Å². The third-order valence-corrected chi connectivity index (χ3v) is 3.78. The van der Waals surface area contributed by atoms with E-state index in [0.717, 1.165) is 44.9 Å². The molecule has 0 rings (SSSR count). The topological polar surface area (TPSA) is 26.3 Å². The second-order valence-corrected chi connectivity index (χ2v) is 6.30. The Hall–Kier alpha value is -2.09. The number of ether oxygens (including phenoxy) is 1. The normalized spacial score (nSPS) is 14.0. The molecule has 27 heavy (non-hydrogen) atoms. The maximum Gasteiger partial charge on any atom is 0.308 e. The molecule has 0 aliphatic carbocycles. The number of rotatable bonds is 15. The summed E-state index contributed by atoms with van der Waals surface area (Å²) in [5.74, 6) is -0.174. The first-order valence-electron chi connectivity index (χ1n) is 10.3. The smallest absolute Gasteiger partial charge is 0.308 e. The van der Waals surface area contributed by atoms with Crippen molar-refractivity contribution in [3.8, 4) is 0 Å². The molecule has 0 radical (unpaired) electrons. The molecular formula is C25H38O2. The lowest BCUT2D eigenvalue weighted by molar-refractivity contribution is -0.147. The van der Waals surface area contributed by atoms with Crippen molar-refractivity contribution in [2.75, 3.05) is 6.61 Å². The van der Waals surface area contributed by atoms with Gasteiger partial charge in [-0.25, -0.2) is 0 Å². The molecule has 0 aliphatic heterocycles. The van der Waals surface area contributed by atoms with Gasteiger partial charge in [0.1, 0.15) is 0 Å². The second kappa shape index (κ2) is 20.2. The average Bonchev–Trinajstić information content (AvgIpc) is 2.67. The Balaban J connectivity index is 3.65. The van der Waals surface area contributed by atoms with Gasteiger partial charge < -0.3 is 4.74 Å². The van der Waals surface area contributed by atoms with Gasteiger partial charge >= 0.3 is 5.97 Å². The van der Waals surface area contributed by atoms with E-state index in [2.05, 4.69) is 79.8 Å². The highest BCUT2D eigenvalue weighted by molar-refractivity contribution is 5.72. The van der Waals surface area contributed by atoms with E-state index in [9.17, 15) is 4.79 Å². The van der Waals surface area contributed by atoms with E-state index in [0.29, 0.717) is 6.61 Å². The van der Waals surface area contributed by atoms with Gasteiger partial charge in [0.25, 0.3) is 0 Å². The van der Waals surface area contributed by atoms with Crippen molar-refractivity contribution in [2.24, 2.45) is 5.92 Å². The fraction of sp³-hybridized carbons (Fsp3) is 0.480. The van der Waals surface area contributed by atoms with E-state index in [4.69, 9.17) is 4.74 Å². The van der Waals surface area contributed by atoms with Crippen LogP contribution in [0.4, 0.5) is 0 Å². The van der Waals surface area contributed by atoms with Gasteiger partial charge in [0.2, 0.25) is 0 Å². The van der Waals surface area contributed by atoms with E-state index in [1.807, 2.05) is 13.8 Å². The van der Waals surface area contributed by atoms with Gasteiger partial charge in [-0.1, -0.05) is 86.8 Å². The monoisotopic (exact) mass is 370 g/mol. The van der Waals surface area contributed by atoms with Crippen molar-refractivity contribution < 1.29 is 9.53 Å². The van der Waals surface area contributed by atoms with Crippen LogP contribution >= 0.6 is 0 Å². The minimum atomic E-state index is -0.114. The molecule has 0 aliphatic rings. The fourth-order valence-corrected chi connectivity index (χ4v) is 2.20. The molecule has 2 nitrogen and oxygen atoms in total. The van der Waals surface area contributed by atoms with Gasteiger partial charge in [-0.05, 0) is 51.9 Å². The first kappa shape index (κ1) is 24.9. The zero-order valence-corrected chi connectivity index (χ0v) is 17.5. The first-order valence-corrected chi connectivity index (χ1v) is 10.3. The van der Waals surface area contributed by atoms with Gasteiger partial charge in [0.05, 0.1) is 12.5 Å². The van der Waals surface area contributed by atoms with Crippen LogP contribution in [-0.4, -0.2) is 12.6 Å². The minimum Gasteiger partial charge on any atom is -0.466 e. The molecule has 0 fully saturated rings. The summed E-state index contributed by atoms with van der Waals surface area (Å²) in [5, 5.41) is 0. The van der Waals surface area contributed by atoms with Crippen molar-refractivity contribution in [3.05, 3.63) is 72.9 Å². The van der Waals surface area contributed by atoms with Crippen LogP contribution in [0.2, 0.25) is 0 Å². The Bertz CT molecular complexity index is 518. The summed E-state index contributed by atoms with van der Waals surface area (Å²) < 4.78 is 4.99. The SMILES string of the molecule is CC/C=C\C/C=C\C/C=C\C/C=C\C/C=C\C/C=C\CC(C)C(=O)OCC. The van der Waals surface area contributed by atoms with Crippen LogP contribution in [0.15, 0.2) is 72.9 Å². The molecule has 0 N–H and O–H groups in total. The fourth-order valence-electron chi connectivity index (χ4n) is 2.20. The zero-order chi connectivity index (χ0) is 20.0. The molecule has 1 atom stereocenters. The van der Waals surface area contributed by atoms with Crippen LogP contribution in [-0.2, 0) is 9.53 Å². The van der Waals surface area contributed by atoms with Gasteiger partial charge in [-0.3, -0.25) is 4.79 Å². The van der Waals surface area contributed by atoms with Gasteiger partial charge in [0.15, 0.2) is 0 Å². The van der Waals surface area contributed by atoms with E-state index in [1.54, 1.807) is 0 Å². The van der Waals surface area contributed by atoms with Crippen molar-refractivity contribution in [3.63, 3.8) is 0 Å². The Morgan fingerprint density at radius 3 is 1.41 bits per heavy atom. The maximum absolute atomic E-state index is 11.5. The molecule has 0 aromatic heterocycles. The predicted molar refractivity (Wildman–Crippen MR) is 119 cm³/mol. The minimum absolute atomic E-state index is 0.0606. The standard InChI is InChI=1S/C25H38O2/c1-4-6-7-8-9-10-11-12-13-14-15-16-17-18-19-20-21-22-23-24(3)25(26)27-5-2/h6-7,9-10,12-13,15-16,18-19,21-22,24H,4-5,8,11,14,17,20,23H2,1-3H3/b7-6-,10-9-,13-12-,16-15-,19-18-,22-21-. The molecule has 150 valence electrons. The molecule has 0 amide bonds. The number of carbonyl (C=O) groups is 1. The third kappa shape index (κ3) is 18.5. The summed E-state index contributed by atoms with van der Waals surface area (Å²) >= 11 is 0. The van der Waals surface area contributed by atoms with Crippen molar-refractivity contribution in [1.29, 1.82) is 0 Å². The number of hydrogen-bond acceptors (Lipinski definition) is 2. The number of allylic oxidation sites excluding steroid dienone is 12. The maximum atomic E-state index is 11.5. The van der Waals surface area contributed by atoms with Crippen LogP contribution in [0.25, 0.3) is 0 Å². The number of hydrogen-bond donors (Lipinski definition) is 0. The summed E-state index contributed by atoms with van der Waals surface area (Å²) in [6.07, 6.45) is 32.9. The molecule has 0 bridgehead atoms. The third-order valence-electron chi connectivity index (χ3n) is 3.78. The Labute approximate surface area is 167 Å². The lowest BCUT2D eigenvalue weighted by Crippen LogP contribution is -2.13. The highest BCUT2D eigenvalue weighted by Crippen LogP contribution is 2.06. The summed E-state index contributed by atoms with van der Waals surface area (Å²) in [5.41, 5.74) is 0. The molecule has 0 spiro atoms. The van der Waals surface area contributed by atoms with E-state index >= 15 is 0 Å². The van der Waals surface area contributed by atoms with Gasteiger partial charge in [-0.15, -0.1) is 0 Å². The Morgan fingerprint density at radius 2 is 1.04 bits per heavy atom. The zero-order valence-electron chi connectivity index (χ0n) is 17.5. The van der Waals surface area contributed by atoms with Crippen LogP contribution in [0.3, 0.4) is 0 Å². The molecule has 2 heteroatoms. The number of carbonyl (C=O) groups excluding carboxylic acids is 1. The number of esters is 1. The molecule has 0 saturated heterocycles. The van der Waals surface area contributed by atoms with Crippen LogP contribution < -0.4 is 0 Å². The highest BCUT2D eigenvalue weighted by Gasteiger charge is 2.10. The van der Waals surface area contributed by atoms with Crippen LogP contribution in [0, 0.1) is 5.92 Å². The van der Waals surface area contributed by atoms with E-state index < -0.39 is 0 Å². The van der Waals surface area contributed by atoms with Crippen LogP contribution in [0.5, 0.6) is 0 Å². The average molecular weight is 371 g/mol. The van der Waals surface area contributed by atoms with E-state index in [1.165, 1.54) is 0 Å². The van der Waals surface area contributed by atoms with Crippen molar-refractivity contribution in [2.45, 2.75) is 65.7 Å². The molecular weight excluding hydrogens is 332 g/mol. The Morgan fingerprint density at radius 1 is 0.667 bits per heavy atom. The molecule has 0 heterocycles. The quantitative estimate of drug-likeness (QED) is 0.224. The first-order chi connectivity index (χ1) is 13.2. The van der Waals surface area contributed by atoms with Crippen molar-refractivity contribution >= 4 is 5.97 Å². The van der Waals surface area contributed by atoms with E-state index in [-0.39, 0.29) is 11.9 Å². The highest BCUT2D eigenvalue weighted by atomic mass is 16.5.